The highest BCUT2D eigenvalue weighted by molar-refractivity contribution is 5.49. The lowest BCUT2D eigenvalue weighted by Gasteiger charge is -2.38. The van der Waals surface area contributed by atoms with Crippen LogP contribution < -0.4 is 10.2 Å². The summed E-state index contributed by atoms with van der Waals surface area (Å²) in [5.74, 6) is -0.0987. The SMILES string of the molecule is CCNCc1ccc(N2CCN(C(C)C)CC2)c(F)c1. The van der Waals surface area contributed by atoms with Crippen molar-refractivity contribution in [3.63, 3.8) is 0 Å². The van der Waals surface area contributed by atoms with Crippen molar-refractivity contribution in [1.29, 1.82) is 0 Å². The zero-order valence-corrected chi connectivity index (χ0v) is 12.8. The third-order valence-electron chi connectivity index (χ3n) is 3.98. The molecular formula is C16H26FN3. The average molecular weight is 279 g/mol. The maximum atomic E-state index is 14.2. The van der Waals surface area contributed by atoms with Crippen LogP contribution in [0.15, 0.2) is 18.2 Å². The van der Waals surface area contributed by atoms with Crippen LogP contribution in [0.2, 0.25) is 0 Å². The smallest absolute Gasteiger partial charge is 0.146 e. The minimum absolute atomic E-state index is 0.0987. The minimum atomic E-state index is -0.0987. The zero-order chi connectivity index (χ0) is 14.5. The van der Waals surface area contributed by atoms with Gasteiger partial charge in [-0.3, -0.25) is 4.90 Å². The van der Waals surface area contributed by atoms with E-state index in [-0.39, 0.29) is 5.82 Å². The third-order valence-corrected chi connectivity index (χ3v) is 3.98. The van der Waals surface area contributed by atoms with E-state index in [0.29, 0.717) is 6.04 Å². The molecule has 1 aromatic carbocycles. The van der Waals surface area contributed by atoms with Gasteiger partial charge in [0.1, 0.15) is 5.82 Å². The zero-order valence-electron chi connectivity index (χ0n) is 12.8. The van der Waals surface area contributed by atoms with Gasteiger partial charge in [-0.1, -0.05) is 13.0 Å². The summed E-state index contributed by atoms with van der Waals surface area (Å²) in [5.41, 5.74) is 1.75. The molecule has 0 unspecified atom stereocenters. The number of hydrogen-bond donors (Lipinski definition) is 1. The summed E-state index contributed by atoms with van der Waals surface area (Å²) in [6, 6.07) is 6.18. The molecule has 0 atom stereocenters. The number of nitrogens with zero attached hydrogens (tertiary/aromatic N) is 2. The highest BCUT2D eigenvalue weighted by Crippen LogP contribution is 2.22. The molecule has 20 heavy (non-hydrogen) atoms. The second kappa shape index (κ2) is 7.04. The van der Waals surface area contributed by atoms with Crippen molar-refractivity contribution in [2.75, 3.05) is 37.6 Å². The van der Waals surface area contributed by atoms with Gasteiger partial charge in [0.2, 0.25) is 0 Å². The lowest BCUT2D eigenvalue weighted by molar-refractivity contribution is 0.209. The number of hydrogen-bond acceptors (Lipinski definition) is 3. The van der Waals surface area contributed by atoms with E-state index in [0.717, 1.165) is 50.5 Å². The first-order valence-electron chi connectivity index (χ1n) is 7.60. The van der Waals surface area contributed by atoms with Crippen molar-refractivity contribution in [2.45, 2.75) is 33.4 Å². The fraction of sp³-hybridized carbons (Fsp3) is 0.625. The lowest BCUT2D eigenvalue weighted by Crippen LogP contribution is -2.49. The van der Waals surface area contributed by atoms with E-state index in [1.165, 1.54) is 0 Å². The Kier molecular flexibility index (Phi) is 5.38. The Morgan fingerprint density at radius 3 is 2.45 bits per heavy atom. The Morgan fingerprint density at radius 2 is 1.90 bits per heavy atom. The summed E-state index contributed by atoms with van der Waals surface area (Å²) in [6.45, 7) is 11.9. The van der Waals surface area contributed by atoms with Crippen LogP contribution in [0.3, 0.4) is 0 Å². The van der Waals surface area contributed by atoms with E-state index in [9.17, 15) is 4.39 Å². The Balaban J connectivity index is 1.99. The molecule has 0 saturated carbocycles. The number of rotatable bonds is 5. The standard InChI is InChI=1S/C16H26FN3/c1-4-18-12-14-5-6-16(15(17)11-14)20-9-7-19(8-10-20)13(2)3/h5-6,11,13,18H,4,7-10,12H2,1-3H3. The first-order chi connectivity index (χ1) is 9.61. The number of anilines is 1. The molecule has 1 aromatic rings. The van der Waals surface area contributed by atoms with E-state index in [4.69, 9.17) is 0 Å². The summed E-state index contributed by atoms with van der Waals surface area (Å²) >= 11 is 0. The van der Waals surface area contributed by atoms with Crippen molar-refractivity contribution in [1.82, 2.24) is 10.2 Å². The van der Waals surface area contributed by atoms with Crippen molar-refractivity contribution in [3.05, 3.63) is 29.6 Å². The van der Waals surface area contributed by atoms with Gasteiger partial charge in [0, 0.05) is 38.8 Å². The second-order valence-corrected chi connectivity index (χ2v) is 5.68. The Hall–Kier alpha value is -1.13. The van der Waals surface area contributed by atoms with Crippen molar-refractivity contribution < 1.29 is 4.39 Å². The molecule has 1 N–H and O–H groups in total. The maximum absolute atomic E-state index is 14.2. The van der Waals surface area contributed by atoms with Gasteiger partial charge in [0.15, 0.2) is 0 Å². The Bertz CT molecular complexity index is 426. The van der Waals surface area contributed by atoms with E-state index in [1.54, 1.807) is 6.07 Å². The molecule has 1 fully saturated rings. The van der Waals surface area contributed by atoms with Gasteiger partial charge in [-0.2, -0.15) is 0 Å². The molecule has 0 spiro atoms. The Morgan fingerprint density at radius 1 is 1.20 bits per heavy atom. The lowest BCUT2D eigenvalue weighted by atomic mass is 10.1. The number of benzene rings is 1. The van der Waals surface area contributed by atoms with Crippen LogP contribution in [0, 0.1) is 5.82 Å². The maximum Gasteiger partial charge on any atom is 0.146 e. The normalized spacial score (nSPS) is 16.9. The number of nitrogens with one attached hydrogen (secondary N) is 1. The Labute approximate surface area is 121 Å². The number of piperazine rings is 1. The van der Waals surface area contributed by atoms with E-state index < -0.39 is 0 Å². The molecule has 1 aliphatic rings. The first kappa shape index (κ1) is 15.3. The summed E-state index contributed by atoms with van der Waals surface area (Å²) in [5, 5.41) is 3.22. The molecule has 0 aromatic heterocycles. The molecule has 0 radical (unpaired) electrons. The van der Waals surface area contributed by atoms with Gasteiger partial charge in [-0.05, 0) is 38.1 Å². The fourth-order valence-corrected chi connectivity index (χ4v) is 2.67. The molecule has 1 saturated heterocycles. The third kappa shape index (κ3) is 3.70. The van der Waals surface area contributed by atoms with Gasteiger partial charge in [0.05, 0.1) is 5.69 Å². The van der Waals surface area contributed by atoms with Crippen LogP contribution in [-0.2, 0) is 6.54 Å². The van der Waals surface area contributed by atoms with Gasteiger partial charge in [-0.15, -0.1) is 0 Å². The molecule has 3 nitrogen and oxygen atoms in total. The molecule has 112 valence electrons. The topological polar surface area (TPSA) is 18.5 Å². The molecule has 0 aliphatic carbocycles. The molecule has 4 heteroatoms. The van der Waals surface area contributed by atoms with Crippen LogP contribution in [0.5, 0.6) is 0 Å². The van der Waals surface area contributed by atoms with E-state index in [2.05, 4.69) is 35.9 Å². The van der Waals surface area contributed by atoms with Crippen molar-refractivity contribution in [3.8, 4) is 0 Å². The van der Waals surface area contributed by atoms with Crippen LogP contribution in [-0.4, -0.2) is 43.7 Å². The predicted molar refractivity (Wildman–Crippen MR) is 82.7 cm³/mol. The molecular weight excluding hydrogens is 253 g/mol. The summed E-state index contributed by atoms with van der Waals surface area (Å²) in [4.78, 5) is 4.60. The predicted octanol–water partition coefficient (Wildman–Crippen LogP) is 2.47. The van der Waals surface area contributed by atoms with Crippen LogP contribution in [0.1, 0.15) is 26.3 Å². The van der Waals surface area contributed by atoms with Crippen LogP contribution in [0.4, 0.5) is 10.1 Å². The molecule has 1 aliphatic heterocycles. The van der Waals surface area contributed by atoms with Crippen LogP contribution in [0.25, 0.3) is 0 Å². The fourth-order valence-electron chi connectivity index (χ4n) is 2.67. The second-order valence-electron chi connectivity index (χ2n) is 5.68. The van der Waals surface area contributed by atoms with E-state index in [1.807, 2.05) is 12.1 Å². The molecule has 2 rings (SSSR count). The van der Waals surface area contributed by atoms with Crippen molar-refractivity contribution >= 4 is 5.69 Å². The average Bonchev–Trinajstić information content (AvgIpc) is 2.45. The van der Waals surface area contributed by atoms with Gasteiger partial charge >= 0.3 is 0 Å². The largest absolute Gasteiger partial charge is 0.367 e. The number of halogens is 1. The quantitative estimate of drug-likeness (QED) is 0.893. The van der Waals surface area contributed by atoms with Crippen molar-refractivity contribution in [2.24, 2.45) is 0 Å². The summed E-state index contributed by atoms with van der Waals surface area (Å²) in [6.07, 6.45) is 0. The molecule has 1 heterocycles. The summed E-state index contributed by atoms with van der Waals surface area (Å²) < 4.78 is 14.2. The summed E-state index contributed by atoms with van der Waals surface area (Å²) in [7, 11) is 0. The van der Waals surface area contributed by atoms with Crippen LogP contribution >= 0.6 is 0 Å². The van der Waals surface area contributed by atoms with Gasteiger partial charge < -0.3 is 10.2 Å². The molecule has 0 bridgehead atoms. The first-order valence-corrected chi connectivity index (χ1v) is 7.60. The molecule has 0 amide bonds. The highest BCUT2D eigenvalue weighted by Gasteiger charge is 2.20. The van der Waals surface area contributed by atoms with Gasteiger partial charge in [-0.25, -0.2) is 4.39 Å². The van der Waals surface area contributed by atoms with E-state index >= 15 is 0 Å². The minimum Gasteiger partial charge on any atom is -0.367 e. The highest BCUT2D eigenvalue weighted by atomic mass is 19.1. The monoisotopic (exact) mass is 279 g/mol. The van der Waals surface area contributed by atoms with Gasteiger partial charge in [0.25, 0.3) is 0 Å².